The van der Waals surface area contributed by atoms with Gasteiger partial charge >= 0.3 is 5.97 Å². The number of hydrogen-bond donors (Lipinski definition) is 0. The SMILES string of the molecule is CN(C)CCOC(=O)c1ccc2c(c1)CCCC2. The first-order valence-electron chi connectivity index (χ1n) is 6.60. The van der Waals surface area contributed by atoms with E-state index < -0.39 is 0 Å². The van der Waals surface area contributed by atoms with E-state index >= 15 is 0 Å². The van der Waals surface area contributed by atoms with Crippen molar-refractivity contribution in [3.63, 3.8) is 0 Å². The van der Waals surface area contributed by atoms with Gasteiger partial charge in [0.05, 0.1) is 5.56 Å². The maximum atomic E-state index is 11.9. The zero-order chi connectivity index (χ0) is 13.0. The van der Waals surface area contributed by atoms with Crippen molar-refractivity contribution in [2.45, 2.75) is 25.7 Å². The zero-order valence-corrected chi connectivity index (χ0v) is 11.2. The van der Waals surface area contributed by atoms with Gasteiger partial charge in [-0.1, -0.05) is 6.07 Å². The van der Waals surface area contributed by atoms with Crippen LogP contribution in [-0.4, -0.2) is 38.1 Å². The third kappa shape index (κ3) is 3.33. The molecule has 2 rings (SSSR count). The molecule has 1 aromatic carbocycles. The van der Waals surface area contributed by atoms with Crippen LogP contribution in [0.2, 0.25) is 0 Å². The second kappa shape index (κ2) is 6.01. The van der Waals surface area contributed by atoms with E-state index in [2.05, 4.69) is 6.07 Å². The number of carbonyl (C=O) groups is 1. The van der Waals surface area contributed by atoms with E-state index in [0.29, 0.717) is 12.2 Å². The highest BCUT2D eigenvalue weighted by molar-refractivity contribution is 5.89. The first-order chi connectivity index (χ1) is 8.66. The van der Waals surface area contributed by atoms with Gasteiger partial charge in [-0.25, -0.2) is 4.79 Å². The molecule has 3 heteroatoms. The number of fused-ring (bicyclic) bond motifs is 1. The Balaban J connectivity index is 1.98. The fourth-order valence-electron chi connectivity index (χ4n) is 2.26. The van der Waals surface area contributed by atoms with Crippen molar-refractivity contribution in [2.24, 2.45) is 0 Å². The van der Waals surface area contributed by atoms with Gasteiger partial charge in [-0.05, 0) is 63.0 Å². The molecule has 18 heavy (non-hydrogen) atoms. The molecule has 1 aromatic rings. The minimum atomic E-state index is -0.203. The van der Waals surface area contributed by atoms with Crippen molar-refractivity contribution < 1.29 is 9.53 Å². The van der Waals surface area contributed by atoms with Crippen LogP contribution in [0.25, 0.3) is 0 Å². The second-order valence-electron chi connectivity index (χ2n) is 5.13. The Morgan fingerprint density at radius 3 is 2.67 bits per heavy atom. The lowest BCUT2D eigenvalue weighted by Gasteiger charge is -2.16. The summed E-state index contributed by atoms with van der Waals surface area (Å²) in [5, 5.41) is 0. The molecule has 0 N–H and O–H groups in total. The van der Waals surface area contributed by atoms with Crippen LogP contribution in [0.3, 0.4) is 0 Å². The molecule has 0 saturated heterocycles. The summed E-state index contributed by atoms with van der Waals surface area (Å²) in [6, 6.07) is 5.98. The van der Waals surface area contributed by atoms with Crippen LogP contribution in [0.4, 0.5) is 0 Å². The van der Waals surface area contributed by atoms with Crippen molar-refractivity contribution in [3.8, 4) is 0 Å². The van der Waals surface area contributed by atoms with Gasteiger partial charge in [0.15, 0.2) is 0 Å². The van der Waals surface area contributed by atoms with Crippen LogP contribution in [0.1, 0.15) is 34.3 Å². The van der Waals surface area contributed by atoms with E-state index in [9.17, 15) is 4.79 Å². The van der Waals surface area contributed by atoms with Gasteiger partial charge in [0.25, 0.3) is 0 Å². The molecule has 0 heterocycles. The van der Waals surface area contributed by atoms with Gasteiger partial charge in [0.2, 0.25) is 0 Å². The topological polar surface area (TPSA) is 29.5 Å². The van der Waals surface area contributed by atoms with Crippen LogP contribution >= 0.6 is 0 Å². The summed E-state index contributed by atoms with van der Waals surface area (Å²) < 4.78 is 5.25. The smallest absolute Gasteiger partial charge is 0.338 e. The zero-order valence-electron chi connectivity index (χ0n) is 11.2. The maximum Gasteiger partial charge on any atom is 0.338 e. The molecule has 1 aliphatic rings. The third-order valence-electron chi connectivity index (χ3n) is 3.36. The molecule has 0 saturated carbocycles. The minimum absolute atomic E-state index is 0.203. The lowest BCUT2D eigenvalue weighted by atomic mass is 9.90. The van der Waals surface area contributed by atoms with Gasteiger partial charge in [-0.3, -0.25) is 0 Å². The molecular formula is C15H21NO2. The predicted molar refractivity (Wildman–Crippen MR) is 71.9 cm³/mol. The Labute approximate surface area is 109 Å². The average Bonchev–Trinajstić information content (AvgIpc) is 2.37. The Kier molecular flexibility index (Phi) is 4.37. The number of rotatable bonds is 4. The molecule has 0 atom stereocenters. The van der Waals surface area contributed by atoms with Crippen LogP contribution in [0.5, 0.6) is 0 Å². The molecule has 0 unspecified atom stereocenters. The van der Waals surface area contributed by atoms with Gasteiger partial charge < -0.3 is 9.64 Å². The van der Waals surface area contributed by atoms with Crippen molar-refractivity contribution in [3.05, 3.63) is 34.9 Å². The summed E-state index contributed by atoms with van der Waals surface area (Å²) in [7, 11) is 3.93. The summed E-state index contributed by atoms with van der Waals surface area (Å²) in [6.07, 6.45) is 4.73. The van der Waals surface area contributed by atoms with E-state index in [1.165, 1.54) is 24.0 Å². The van der Waals surface area contributed by atoms with E-state index in [1.54, 1.807) is 0 Å². The van der Waals surface area contributed by atoms with Gasteiger partial charge in [0, 0.05) is 6.54 Å². The maximum absolute atomic E-state index is 11.9. The van der Waals surface area contributed by atoms with Gasteiger partial charge in [0.1, 0.15) is 6.61 Å². The molecule has 0 amide bonds. The van der Waals surface area contributed by atoms with Crippen LogP contribution in [-0.2, 0) is 17.6 Å². The third-order valence-corrected chi connectivity index (χ3v) is 3.36. The molecule has 0 bridgehead atoms. The van der Waals surface area contributed by atoms with Crippen molar-refractivity contribution in [1.82, 2.24) is 4.90 Å². The number of benzene rings is 1. The average molecular weight is 247 g/mol. The Morgan fingerprint density at radius 2 is 1.94 bits per heavy atom. The number of carbonyl (C=O) groups excluding carboxylic acids is 1. The van der Waals surface area contributed by atoms with Crippen LogP contribution in [0, 0.1) is 0 Å². The molecule has 0 spiro atoms. The summed E-state index contributed by atoms with van der Waals surface area (Å²) in [4.78, 5) is 13.9. The quantitative estimate of drug-likeness (QED) is 0.765. The van der Waals surface area contributed by atoms with Gasteiger partial charge in [-0.2, -0.15) is 0 Å². The van der Waals surface area contributed by atoms with E-state index in [4.69, 9.17) is 4.74 Å². The Bertz CT molecular complexity index is 427. The van der Waals surface area contributed by atoms with Crippen LogP contribution in [0.15, 0.2) is 18.2 Å². The van der Waals surface area contributed by atoms with E-state index in [0.717, 1.165) is 19.4 Å². The predicted octanol–water partition coefficient (Wildman–Crippen LogP) is 2.28. The lowest BCUT2D eigenvalue weighted by Crippen LogP contribution is -2.20. The second-order valence-corrected chi connectivity index (χ2v) is 5.13. The highest BCUT2D eigenvalue weighted by atomic mass is 16.5. The number of nitrogens with zero attached hydrogens (tertiary/aromatic N) is 1. The van der Waals surface area contributed by atoms with Crippen molar-refractivity contribution in [2.75, 3.05) is 27.2 Å². The summed E-state index contributed by atoms with van der Waals surface area (Å²) in [6.45, 7) is 1.21. The standard InChI is InChI=1S/C15H21NO2/c1-16(2)9-10-18-15(17)14-8-7-12-5-3-4-6-13(12)11-14/h7-8,11H,3-6,9-10H2,1-2H3. The molecule has 1 aliphatic carbocycles. The monoisotopic (exact) mass is 247 g/mol. The molecule has 0 aliphatic heterocycles. The first-order valence-corrected chi connectivity index (χ1v) is 6.60. The van der Waals surface area contributed by atoms with Gasteiger partial charge in [-0.15, -0.1) is 0 Å². The summed E-state index contributed by atoms with van der Waals surface area (Å²) >= 11 is 0. The lowest BCUT2D eigenvalue weighted by molar-refractivity contribution is 0.0481. The van der Waals surface area contributed by atoms with E-state index in [-0.39, 0.29) is 5.97 Å². The summed E-state index contributed by atoms with van der Waals surface area (Å²) in [5.74, 6) is -0.203. The molecule has 0 fully saturated rings. The molecule has 0 radical (unpaired) electrons. The highest BCUT2D eigenvalue weighted by Crippen LogP contribution is 2.22. The number of hydrogen-bond acceptors (Lipinski definition) is 3. The number of esters is 1. The number of aryl methyl sites for hydroxylation is 2. The number of ether oxygens (including phenoxy) is 1. The van der Waals surface area contributed by atoms with E-state index in [1.807, 2.05) is 31.1 Å². The normalized spacial score (nSPS) is 14.4. The summed E-state index contributed by atoms with van der Waals surface area (Å²) in [5.41, 5.74) is 3.41. The Morgan fingerprint density at radius 1 is 1.22 bits per heavy atom. The van der Waals surface area contributed by atoms with Crippen molar-refractivity contribution in [1.29, 1.82) is 0 Å². The van der Waals surface area contributed by atoms with Crippen LogP contribution < -0.4 is 0 Å². The first kappa shape index (κ1) is 13.1. The largest absolute Gasteiger partial charge is 0.461 e. The molecule has 0 aromatic heterocycles. The number of likely N-dealkylation sites (N-methyl/N-ethyl adjacent to an activating group) is 1. The minimum Gasteiger partial charge on any atom is -0.461 e. The molecule has 98 valence electrons. The highest BCUT2D eigenvalue weighted by Gasteiger charge is 2.13. The molecule has 3 nitrogen and oxygen atoms in total. The Hall–Kier alpha value is -1.35. The fraction of sp³-hybridized carbons (Fsp3) is 0.533. The van der Waals surface area contributed by atoms with Crippen molar-refractivity contribution >= 4 is 5.97 Å². The fourth-order valence-corrected chi connectivity index (χ4v) is 2.26. The molecular weight excluding hydrogens is 226 g/mol.